The highest BCUT2D eigenvalue weighted by atomic mass is 35.5. The fourth-order valence-electron chi connectivity index (χ4n) is 1.83. The van der Waals surface area contributed by atoms with Gasteiger partial charge in [-0.15, -0.1) is 0 Å². The Labute approximate surface area is 108 Å². The second-order valence-corrected chi connectivity index (χ2v) is 4.73. The van der Waals surface area contributed by atoms with E-state index in [0.29, 0.717) is 5.92 Å². The first-order chi connectivity index (χ1) is 8.19. The summed E-state index contributed by atoms with van der Waals surface area (Å²) in [4.78, 5) is 0. The lowest BCUT2D eigenvalue weighted by molar-refractivity contribution is 0.170. The van der Waals surface area contributed by atoms with E-state index >= 15 is 0 Å². The molecule has 0 radical (unpaired) electrons. The summed E-state index contributed by atoms with van der Waals surface area (Å²) in [6.45, 7) is 2.92. The van der Waals surface area contributed by atoms with Crippen molar-refractivity contribution in [1.29, 1.82) is 0 Å². The Bertz CT molecular complexity index is 333. The highest BCUT2D eigenvalue weighted by Gasteiger charge is 2.17. The summed E-state index contributed by atoms with van der Waals surface area (Å²) in [6.07, 6.45) is 1.82. The van der Waals surface area contributed by atoms with Crippen molar-refractivity contribution >= 4 is 11.6 Å². The lowest BCUT2D eigenvalue weighted by Crippen LogP contribution is -2.41. The van der Waals surface area contributed by atoms with Gasteiger partial charge in [-0.3, -0.25) is 11.3 Å². The number of hydrogen-bond donors (Lipinski definition) is 2. The minimum absolute atomic E-state index is 0.213. The van der Waals surface area contributed by atoms with Crippen LogP contribution < -0.4 is 11.3 Å². The van der Waals surface area contributed by atoms with Gasteiger partial charge in [0.1, 0.15) is 0 Å². The fraction of sp³-hybridized carbons (Fsp3) is 0.538. The van der Waals surface area contributed by atoms with Gasteiger partial charge < -0.3 is 4.74 Å². The Morgan fingerprint density at radius 2 is 2.12 bits per heavy atom. The summed E-state index contributed by atoms with van der Waals surface area (Å²) >= 11 is 6.14. The molecule has 1 aromatic rings. The summed E-state index contributed by atoms with van der Waals surface area (Å²) in [7, 11) is 1.71. The van der Waals surface area contributed by atoms with Crippen LogP contribution in [0.25, 0.3) is 0 Å². The quantitative estimate of drug-likeness (QED) is 0.582. The van der Waals surface area contributed by atoms with Gasteiger partial charge in [0.25, 0.3) is 0 Å². The average molecular weight is 257 g/mol. The van der Waals surface area contributed by atoms with Crippen LogP contribution in [0.15, 0.2) is 24.3 Å². The third-order valence-electron chi connectivity index (χ3n) is 3.08. The molecule has 1 aromatic carbocycles. The molecule has 2 atom stereocenters. The van der Waals surface area contributed by atoms with Crippen LogP contribution in [0, 0.1) is 5.92 Å². The van der Waals surface area contributed by atoms with Crippen molar-refractivity contribution in [2.24, 2.45) is 11.8 Å². The molecule has 1 rings (SSSR count). The van der Waals surface area contributed by atoms with Crippen LogP contribution in [0.1, 0.15) is 18.9 Å². The molecule has 0 amide bonds. The molecule has 3 N–H and O–H groups in total. The number of rotatable bonds is 7. The maximum atomic E-state index is 6.14. The second-order valence-electron chi connectivity index (χ2n) is 4.33. The predicted octanol–water partition coefficient (Wildman–Crippen LogP) is 2.39. The van der Waals surface area contributed by atoms with Crippen LogP contribution in [0.4, 0.5) is 0 Å². The molecule has 0 aliphatic carbocycles. The largest absolute Gasteiger partial charge is 0.385 e. The average Bonchev–Trinajstić information content (AvgIpc) is 2.35. The van der Waals surface area contributed by atoms with Crippen molar-refractivity contribution in [3.8, 4) is 0 Å². The number of hydrogen-bond acceptors (Lipinski definition) is 3. The topological polar surface area (TPSA) is 47.3 Å². The van der Waals surface area contributed by atoms with Crippen molar-refractivity contribution in [2.45, 2.75) is 25.8 Å². The van der Waals surface area contributed by atoms with Crippen LogP contribution in [-0.2, 0) is 11.2 Å². The molecule has 96 valence electrons. The molecular formula is C13H21ClN2O. The number of nitrogens with two attached hydrogens (primary N) is 1. The van der Waals surface area contributed by atoms with E-state index in [9.17, 15) is 0 Å². The van der Waals surface area contributed by atoms with E-state index in [0.717, 1.165) is 30.0 Å². The van der Waals surface area contributed by atoms with Gasteiger partial charge in [-0.05, 0) is 30.4 Å². The van der Waals surface area contributed by atoms with Crippen LogP contribution in [-0.4, -0.2) is 19.8 Å². The van der Waals surface area contributed by atoms with Crippen LogP contribution in [0.2, 0.25) is 5.02 Å². The fourth-order valence-corrected chi connectivity index (χ4v) is 2.04. The Morgan fingerprint density at radius 3 is 2.71 bits per heavy atom. The van der Waals surface area contributed by atoms with Gasteiger partial charge in [0.05, 0.1) is 0 Å². The van der Waals surface area contributed by atoms with Crippen molar-refractivity contribution in [3.63, 3.8) is 0 Å². The Morgan fingerprint density at radius 1 is 1.41 bits per heavy atom. The minimum Gasteiger partial charge on any atom is -0.385 e. The summed E-state index contributed by atoms with van der Waals surface area (Å²) < 4.78 is 5.09. The highest BCUT2D eigenvalue weighted by Crippen LogP contribution is 2.20. The molecular weight excluding hydrogens is 236 g/mol. The third-order valence-corrected chi connectivity index (χ3v) is 3.44. The van der Waals surface area contributed by atoms with E-state index in [1.54, 1.807) is 7.11 Å². The summed E-state index contributed by atoms with van der Waals surface area (Å²) in [5.41, 5.74) is 4.00. The van der Waals surface area contributed by atoms with E-state index in [1.165, 1.54) is 0 Å². The summed E-state index contributed by atoms with van der Waals surface area (Å²) in [5.74, 6) is 6.05. The smallest absolute Gasteiger partial charge is 0.0465 e. The molecule has 0 spiro atoms. The number of hydrazine groups is 1. The molecule has 0 saturated carbocycles. The van der Waals surface area contributed by atoms with Gasteiger partial charge in [-0.1, -0.05) is 36.7 Å². The van der Waals surface area contributed by atoms with Crippen molar-refractivity contribution in [1.82, 2.24) is 5.43 Å². The standard InChI is InChI=1S/C13H21ClN2O/c1-10(7-8-17-2)13(16-15)9-11-5-3-4-6-12(11)14/h3-6,10,13,16H,7-9,15H2,1-2H3. The molecule has 17 heavy (non-hydrogen) atoms. The highest BCUT2D eigenvalue weighted by molar-refractivity contribution is 6.31. The van der Waals surface area contributed by atoms with Crippen molar-refractivity contribution in [2.75, 3.05) is 13.7 Å². The maximum absolute atomic E-state index is 6.14. The predicted molar refractivity (Wildman–Crippen MR) is 71.9 cm³/mol. The molecule has 4 heteroatoms. The van der Waals surface area contributed by atoms with Gasteiger partial charge >= 0.3 is 0 Å². The zero-order valence-corrected chi connectivity index (χ0v) is 11.2. The second kappa shape index (κ2) is 7.67. The molecule has 0 fully saturated rings. The molecule has 0 heterocycles. The number of methoxy groups -OCH3 is 1. The van der Waals surface area contributed by atoms with Crippen molar-refractivity contribution < 1.29 is 4.74 Å². The van der Waals surface area contributed by atoms with Gasteiger partial charge in [0.15, 0.2) is 0 Å². The lowest BCUT2D eigenvalue weighted by Gasteiger charge is -2.23. The zero-order chi connectivity index (χ0) is 12.7. The Kier molecular flexibility index (Phi) is 6.52. The Hall–Kier alpha value is -0.610. The van der Waals surface area contributed by atoms with E-state index in [2.05, 4.69) is 12.3 Å². The molecule has 0 aromatic heterocycles. The molecule has 2 unspecified atom stereocenters. The van der Waals surface area contributed by atoms with E-state index in [1.807, 2.05) is 24.3 Å². The number of benzene rings is 1. The zero-order valence-electron chi connectivity index (χ0n) is 10.4. The minimum atomic E-state index is 0.213. The normalized spacial score (nSPS) is 14.6. The van der Waals surface area contributed by atoms with Gasteiger partial charge in [0, 0.05) is 24.8 Å². The lowest BCUT2D eigenvalue weighted by atomic mass is 9.93. The molecule has 0 saturated heterocycles. The monoisotopic (exact) mass is 256 g/mol. The maximum Gasteiger partial charge on any atom is 0.0465 e. The van der Waals surface area contributed by atoms with E-state index < -0.39 is 0 Å². The first kappa shape index (κ1) is 14.5. The van der Waals surface area contributed by atoms with Crippen LogP contribution >= 0.6 is 11.6 Å². The first-order valence-corrected chi connectivity index (χ1v) is 6.25. The molecule has 0 aliphatic heterocycles. The number of halogens is 1. The SMILES string of the molecule is COCCC(C)C(Cc1ccccc1Cl)NN. The summed E-state index contributed by atoms with van der Waals surface area (Å²) in [5, 5.41) is 0.798. The van der Waals surface area contributed by atoms with Gasteiger partial charge in [0.2, 0.25) is 0 Å². The first-order valence-electron chi connectivity index (χ1n) is 5.87. The van der Waals surface area contributed by atoms with Crippen molar-refractivity contribution in [3.05, 3.63) is 34.9 Å². The molecule has 3 nitrogen and oxygen atoms in total. The molecule has 0 aliphatic rings. The van der Waals surface area contributed by atoms with E-state index in [4.69, 9.17) is 22.2 Å². The van der Waals surface area contributed by atoms with E-state index in [-0.39, 0.29) is 6.04 Å². The van der Waals surface area contributed by atoms with Crippen LogP contribution in [0.3, 0.4) is 0 Å². The molecule has 0 bridgehead atoms. The number of nitrogens with one attached hydrogen (secondary N) is 1. The van der Waals surface area contributed by atoms with Gasteiger partial charge in [-0.25, -0.2) is 0 Å². The van der Waals surface area contributed by atoms with Crippen LogP contribution in [0.5, 0.6) is 0 Å². The summed E-state index contributed by atoms with van der Waals surface area (Å²) in [6, 6.07) is 8.09. The third kappa shape index (κ3) is 4.64. The Balaban J connectivity index is 2.60. The number of ether oxygens (including phenoxy) is 1. The van der Waals surface area contributed by atoms with Gasteiger partial charge in [-0.2, -0.15) is 0 Å².